The van der Waals surface area contributed by atoms with Gasteiger partial charge in [-0.15, -0.1) is 12.4 Å². The molecular formula is C15H24ClN. The Kier molecular flexibility index (Phi) is 5.03. The Labute approximate surface area is 111 Å². The zero-order valence-electron chi connectivity index (χ0n) is 11.1. The number of rotatable bonds is 2. The summed E-state index contributed by atoms with van der Waals surface area (Å²) < 4.78 is 0. The van der Waals surface area contributed by atoms with E-state index in [1.807, 2.05) is 0 Å². The van der Waals surface area contributed by atoms with Crippen molar-refractivity contribution in [2.75, 3.05) is 0 Å². The maximum Gasteiger partial charge on any atom is 0.0328 e. The summed E-state index contributed by atoms with van der Waals surface area (Å²) in [6, 6.07) is 4.77. The molecule has 1 aliphatic carbocycles. The van der Waals surface area contributed by atoms with Crippen LogP contribution in [0.25, 0.3) is 0 Å². The van der Waals surface area contributed by atoms with E-state index in [0.29, 0.717) is 5.92 Å². The van der Waals surface area contributed by atoms with E-state index >= 15 is 0 Å². The molecule has 0 aliphatic heterocycles. The molecule has 96 valence electrons. The fourth-order valence-electron chi connectivity index (χ4n) is 3.27. The second-order valence-electron chi connectivity index (χ2n) is 5.38. The van der Waals surface area contributed by atoms with E-state index in [4.69, 9.17) is 5.73 Å². The molecule has 1 atom stereocenters. The number of hydrogen-bond donors (Lipinski definition) is 1. The minimum atomic E-state index is 0. The third kappa shape index (κ3) is 3.02. The maximum absolute atomic E-state index is 6.45. The summed E-state index contributed by atoms with van der Waals surface area (Å²) in [7, 11) is 0. The number of aryl methyl sites for hydroxylation is 3. The molecule has 1 aromatic rings. The molecule has 0 radical (unpaired) electrons. The molecular weight excluding hydrogens is 230 g/mol. The second-order valence-corrected chi connectivity index (χ2v) is 5.38. The highest BCUT2D eigenvalue weighted by molar-refractivity contribution is 5.85. The van der Waals surface area contributed by atoms with Crippen molar-refractivity contribution < 1.29 is 0 Å². The minimum absolute atomic E-state index is 0. The highest BCUT2D eigenvalue weighted by Crippen LogP contribution is 2.36. The Hall–Kier alpha value is -0.530. The average molecular weight is 254 g/mol. The third-order valence-corrected chi connectivity index (χ3v) is 3.98. The lowest BCUT2D eigenvalue weighted by atomic mass is 9.86. The van der Waals surface area contributed by atoms with Crippen molar-refractivity contribution in [2.24, 2.45) is 11.7 Å². The summed E-state index contributed by atoms with van der Waals surface area (Å²) in [5.74, 6) is 0.708. The maximum atomic E-state index is 6.45. The zero-order valence-corrected chi connectivity index (χ0v) is 11.9. The van der Waals surface area contributed by atoms with E-state index in [1.54, 1.807) is 0 Å². The summed E-state index contributed by atoms with van der Waals surface area (Å²) in [5.41, 5.74) is 11.9. The highest BCUT2D eigenvalue weighted by Gasteiger charge is 2.25. The molecule has 1 fully saturated rings. The molecule has 0 amide bonds. The lowest BCUT2D eigenvalue weighted by molar-refractivity contribution is 0.442. The monoisotopic (exact) mass is 253 g/mol. The minimum Gasteiger partial charge on any atom is -0.324 e. The molecule has 0 unspecified atom stereocenters. The van der Waals surface area contributed by atoms with Gasteiger partial charge in [-0.2, -0.15) is 0 Å². The van der Waals surface area contributed by atoms with E-state index < -0.39 is 0 Å². The van der Waals surface area contributed by atoms with Gasteiger partial charge >= 0.3 is 0 Å². The number of halogens is 1. The van der Waals surface area contributed by atoms with Crippen molar-refractivity contribution in [2.45, 2.75) is 52.5 Å². The SMILES string of the molecule is Cc1cc(C)c([C@H](N)C2CCCC2)c(C)c1.Cl. The van der Waals surface area contributed by atoms with Gasteiger partial charge in [0.15, 0.2) is 0 Å². The van der Waals surface area contributed by atoms with Crippen molar-refractivity contribution in [1.82, 2.24) is 0 Å². The summed E-state index contributed by atoms with van der Waals surface area (Å²) in [4.78, 5) is 0. The predicted octanol–water partition coefficient (Wildman–Crippen LogP) is 4.22. The topological polar surface area (TPSA) is 26.0 Å². The molecule has 1 aromatic carbocycles. The number of nitrogens with two attached hydrogens (primary N) is 1. The van der Waals surface area contributed by atoms with Gasteiger partial charge in [-0.25, -0.2) is 0 Å². The first-order chi connectivity index (χ1) is 7.59. The molecule has 2 rings (SSSR count). The van der Waals surface area contributed by atoms with Crippen LogP contribution < -0.4 is 5.73 Å². The van der Waals surface area contributed by atoms with Gasteiger partial charge < -0.3 is 5.73 Å². The summed E-state index contributed by atoms with van der Waals surface area (Å²) >= 11 is 0. The molecule has 0 bridgehead atoms. The van der Waals surface area contributed by atoms with E-state index in [2.05, 4.69) is 32.9 Å². The number of hydrogen-bond acceptors (Lipinski definition) is 1. The van der Waals surface area contributed by atoms with Crippen LogP contribution in [-0.4, -0.2) is 0 Å². The molecule has 0 heterocycles. The molecule has 2 heteroatoms. The van der Waals surface area contributed by atoms with Crippen molar-refractivity contribution >= 4 is 12.4 Å². The highest BCUT2D eigenvalue weighted by atomic mass is 35.5. The van der Waals surface area contributed by atoms with Crippen molar-refractivity contribution in [3.8, 4) is 0 Å². The Morgan fingerprint density at radius 3 is 2.00 bits per heavy atom. The zero-order chi connectivity index (χ0) is 11.7. The quantitative estimate of drug-likeness (QED) is 0.839. The van der Waals surface area contributed by atoms with Gasteiger partial charge in [0, 0.05) is 6.04 Å². The largest absolute Gasteiger partial charge is 0.324 e. The van der Waals surface area contributed by atoms with E-state index in [-0.39, 0.29) is 18.4 Å². The Morgan fingerprint density at radius 1 is 1.06 bits per heavy atom. The van der Waals surface area contributed by atoms with Gasteiger partial charge in [-0.1, -0.05) is 30.5 Å². The third-order valence-electron chi connectivity index (χ3n) is 3.98. The van der Waals surface area contributed by atoms with Crippen LogP contribution in [0.4, 0.5) is 0 Å². The molecule has 17 heavy (non-hydrogen) atoms. The standard InChI is InChI=1S/C15H23N.ClH/c1-10-8-11(2)14(12(3)9-10)15(16)13-6-4-5-7-13;/h8-9,13,15H,4-7,16H2,1-3H3;1H/t15-;/m1./s1. The molecule has 0 aromatic heterocycles. The first-order valence-electron chi connectivity index (χ1n) is 6.43. The van der Waals surface area contributed by atoms with Crippen LogP contribution in [0.5, 0.6) is 0 Å². The smallest absolute Gasteiger partial charge is 0.0328 e. The van der Waals surface area contributed by atoms with Gasteiger partial charge in [-0.3, -0.25) is 0 Å². The van der Waals surface area contributed by atoms with E-state index in [1.165, 1.54) is 47.9 Å². The van der Waals surface area contributed by atoms with Crippen molar-refractivity contribution in [3.63, 3.8) is 0 Å². The molecule has 2 N–H and O–H groups in total. The van der Waals surface area contributed by atoms with Crippen LogP contribution in [0.15, 0.2) is 12.1 Å². The first kappa shape index (κ1) is 14.5. The normalized spacial score (nSPS) is 17.9. The predicted molar refractivity (Wildman–Crippen MR) is 76.8 cm³/mol. The van der Waals surface area contributed by atoms with Gasteiger partial charge in [0.05, 0.1) is 0 Å². The van der Waals surface area contributed by atoms with Crippen LogP contribution in [0.3, 0.4) is 0 Å². The van der Waals surface area contributed by atoms with E-state index in [0.717, 1.165) is 0 Å². The van der Waals surface area contributed by atoms with Gasteiger partial charge in [-0.05, 0) is 56.2 Å². The van der Waals surface area contributed by atoms with E-state index in [9.17, 15) is 0 Å². The molecule has 1 saturated carbocycles. The fourth-order valence-corrected chi connectivity index (χ4v) is 3.27. The van der Waals surface area contributed by atoms with Crippen molar-refractivity contribution in [1.29, 1.82) is 0 Å². The Morgan fingerprint density at radius 2 is 1.53 bits per heavy atom. The molecule has 0 saturated heterocycles. The fraction of sp³-hybridized carbons (Fsp3) is 0.600. The Bertz CT molecular complexity index is 358. The van der Waals surface area contributed by atoms with Gasteiger partial charge in [0.25, 0.3) is 0 Å². The van der Waals surface area contributed by atoms with Crippen molar-refractivity contribution in [3.05, 3.63) is 34.4 Å². The number of benzene rings is 1. The first-order valence-corrected chi connectivity index (χ1v) is 6.43. The second kappa shape index (κ2) is 5.88. The Balaban J connectivity index is 0.00000144. The van der Waals surface area contributed by atoms with Crippen LogP contribution in [0, 0.1) is 26.7 Å². The summed E-state index contributed by atoms with van der Waals surface area (Å²) in [6.07, 6.45) is 5.35. The lowest BCUT2D eigenvalue weighted by Crippen LogP contribution is -2.21. The molecule has 0 spiro atoms. The average Bonchev–Trinajstić information content (AvgIpc) is 2.67. The van der Waals surface area contributed by atoms with Gasteiger partial charge in [0.1, 0.15) is 0 Å². The van der Waals surface area contributed by atoms with Crippen LogP contribution in [0.1, 0.15) is 54.0 Å². The van der Waals surface area contributed by atoms with Gasteiger partial charge in [0.2, 0.25) is 0 Å². The summed E-state index contributed by atoms with van der Waals surface area (Å²) in [6.45, 7) is 6.55. The molecule has 1 aliphatic rings. The van der Waals surface area contributed by atoms with Crippen LogP contribution in [0.2, 0.25) is 0 Å². The summed E-state index contributed by atoms with van der Waals surface area (Å²) in [5, 5.41) is 0. The van der Waals surface area contributed by atoms with Crippen LogP contribution >= 0.6 is 12.4 Å². The molecule has 1 nitrogen and oxygen atoms in total. The van der Waals surface area contributed by atoms with Crippen LogP contribution in [-0.2, 0) is 0 Å². The lowest BCUT2D eigenvalue weighted by Gasteiger charge is -2.23.